The number of benzene rings is 3. The van der Waals surface area contributed by atoms with Crippen LogP contribution in [0.3, 0.4) is 0 Å². The second kappa shape index (κ2) is 7.92. The third-order valence-corrected chi connectivity index (χ3v) is 6.44. The number of para-hydroxylation sites is 1. The lowest BCUT2D eigenvalue weighted by Crippen LogP contribution is -2.10. The van der Waals surface area contributed by atoms with E-state index in [1.54, 1.807) is 11.3 Å². The summed E-state index contributed by atoms with van der Waals surface area (Å²) in [5.41, 5.74) is 8.51. The Labute approximate surface area is 191 Å². The van der Waals surface area contributed by atoms with Crippen molar-refractivity contribution < 1.29 is 4.42 Å². The van der Waals surface area contributed by atoms with Crippen LogP contribution in [0.4, 0.5) is 5.13 Å². The van der Waals surface area contributed by atoms with Gasteiger partial charge in [-0.25, -0.2) is 4.98 Å². The first-order valence-electron chi connectivity index (χ1n) is 10.7. The average molecular weight is 440 g/mol. The lowest BCUT2D eigenvalue weighted by molar-refractivity contribution is 0.589. The van der Waals surface area contributed by atoms with Gasteiger partial charge in [-0.2, -0.15) is 5.10 Å². The summed E-state index contributed by atoms with van der Waals surface area (Å²) in [6.07, 6.45) is 0. The molecular weight excluding hydrogens is 414 g/mol. The molecule has 2 heterocycles. The molecular formula is C27H25N3OS. The summed E-state index contributed by atoms with van der Waals surface area (Å²) in [7, 11) is 0. The number of nitrogens with one attached hydrogen (secondary N) is 1. The lowest BCUT2D eigenvalue weighted by atomic mass is 9.86. The molecule has 0 aliphatic heterocycles. The molecule has 0 unspecified atom stereocenters. The summed E-state index contributed by atoms with van der Waals surface area (Å²) in [6.45, 7) is 8.72. The van der Waals surface area contributed by atoms with Crippen LogP contribution in [-0.4, -0.2) is 4.98 Å². The molecule has 0 atom stereocenters. The van der Waals surface area contributed by atoms with Crippen molar-refractivity contribution in [2.24, 2.45) is 5.10 Å². The molecule has 5 heteroatoms. The Morgan fingerprint density at radius 1 is 0.938 bits per heavy atom. The van der Waals surface area contributed by atoms with Crippen LogP contribution in [0.5, 0.6) is 0 Å². The van der Waals surface area contributed by atoms with Gasteiger partial charge in [0, 0.05) is 17.0 Å². The molecule has 4 nitrogen and oxygen atoms in total. The fourth-order valence-electron chi connectivity index (χ4n) is 3.67. The van der Waals surface area contributed by atoms with Gasteiger partial charge in [0.05, 0.1) is 15.6 Å². The van der Waals surface area contributed by atoms with Crippen LogP contribution in [0.25, 0.3) is 32.5 Å². The van der Waals surface area contributed by atoms with Gasteiger partial charge in [-0.1, -0.05) is 74.6 Å². The Hall–Kier alpha value is -3.44. The van der Waals surface area contributed by atoms with E-state index in [2.05, 4.69) is 86.6 Å². The van der Waals surface area contributed by atoms with Gasteiger partial charge < -0.3 is 4.42 Å². The van der Waals surface area contributed by atoms with Crippen LogP contribution in [-0.2, 0) is 5.41 Å². The summed E-state index contributed by atoms with van der Waals surface area (Å²) in [4.78, 5) is 4.63. The van der Waals surface area contributed by atoms with E-state index in [-0.39, 0.29) is 5.41 Å². The van der Waals surface area contributed by atoms with Crippen molar-refractivity contribution in [3.05, 3.63) is 89.3 Å². The van der Waals surface area contributed by atoms with Crippen molar-refractivity contribution in [2.45, 2.75) is 33.1 Å². The molecule has 0 bridgehead atoms. The molecule has 0 spiro atoms. The van der Waals surface area contributed by atoms with Crippen LogP contribution in [0.2, 0.25) is 0 Å². The van der Waals surface area contributed by atoms with Gasteiger partial charge in [-0.05, 0) is 47.7 Å². The Bertz CT molecular complexity index is 1450. The number of hydrogen-bond acceptors (Lipinski definition) is 5. The van der Waals surface area contributed by atoms with Gasteiger partial charge in [-0.3, -0.25) is 5.43 Å². The molecule has 0 fully saturated rings. The summed E-state index contributed by atoms with van der Waals surface area (Å²) in [5, 5.41) is 7.25. The number of anilines is 1. The Morgan fingerprint density at radius 2 is 1.72 bits per heavy atom. The Balaban J connectivity index is 1.60. The topological polar surface area (TPSA) is 50.4 Å². The summed E-state index contributed by atoms with van der Waals surface area (Å²) >= 11 is 1.59. The molecule has 0 radical (unpaired) electrons. The zero-order valence-corrected chi connectivity index (χ0v) is 19.5. The van der Waals surface area contributed by atoms with Crippen LogP contribution < -0.4 is 10.8 Å². The predicted molar refractivity (Wildman–Crippen MR) is 134 cm³/mol. The second-order valence-corrected chi connectivity index (χ2v) is 10.1. The number of aromatic nitrogens is 1. The summed E-state index contributed by atoms with van der Waals surface area (Å²) < 4.78 is 7.43. The predicted octanol–water partition coefficient (Wildman–Crippen LogP) is 7.24. The number of hydrogen-bond donors (Lipinski definition) is 1. The number of nitrogens with zero attached hydrogens (tertiary/aromatic N) is 2. The lowest BCUT2D eigenvalue weighted by Gasteiger charge is -2.19. The summed E-state index contributed by atoms with van der Waals surface area (Å²) in [5.74, 6) is 0.786. The van der Waals surface area contributed by atoms with Crippen molar-refractivity contribution in [1.29, 1.82) is 0 Å². The summed E-state index contributed by atoms with van der Waals surface area (Å²) in [6, 6.07) is 24.8. The molecule has 1 N–H and O–H groups in total. The highest BCUT2D eigenvalue weighted by Gasteiger charge is 2.14. The maximum absolute atomic E-state index is 6.29. The maximum Gasteiger partial charge on any atom is 0.204 e. The smallest absolute Gasteiger partial charge is 0.204 e. The SMILES string of the molecule is Cc1ccc2/c(=N/Nc3nc4ccccc4s3)cc(-c3ccc(C(C)(C)C)cc3)oc2c1. The molecule has 0 aliphatic rings. The molecule has 0 saturated heterocycles. The third-order valence-electron chi connectivity index (χ3n) is 5.50. The average Bonchev–Trinajstić information content (AvgIpc) is 3.19. The third kappa shape index (κ3) is 4.04. The van der Waals surface area contributed by atoms with Gasteiger partial charge >= 0.3 is 0 Å². The minimum absolute atomic E-state index is 0.109. The van der Waals surface area contributed by atoms with Crippen LogP contribution in [0, 0.1) is 6.92 Å². The number of aryl methyl sites for hydroxylation is 1. The van der Waals surface area contributed by atoms with Crippen LogP contribution in [0.1, 0.15) is 31.9 Å². The molecule has 160 valence electrons. The Morgan fingerprint density at radius 3 is 2.47 bits per heavy atom. The van der Waals surface area contributed by atoms with E-state index in [1.165, 1.54) is 5.56 Å². The molecule has 32 heavy (non-hydrogen) atoms. The highest BCUT2D eigenvalue weighted by molar-refractivity contribution is 7.22. The normalized spacial score (nSPS) is 12.6. The number of thiazole rings is 1. The standard InChI is InChI=1S/C27H25N3OS/c1-17-9-14-20-22(29-30-26-28-21-7-5-6-8-25(21)32-26)16-23(31-24(20)15-17)18-10-12-19(13-11-18)27(2,3)4/h5-16H,1-4H3,(H,28,30)/b29-22+. The van der Waals surface area contributed by atoms with E-state index in [1.807, 2.05) is 24.3 Å². The monoisotopic (exact) mass is 439 g/mol. The fourth-order valence-corrected chi connectivity index (χ4v) is 4.48. The molecule has 3 aromatic carbocycles. The van der Waals surface area contributed by atoms with Gasteiger partial charge in [0.25, 0.3) is 0 Å². The van der Waals surface area contributed by atoms with Crippen molar-refractivity contribution in [2.75, 3.05) is 5.43 Å². The number of fused-ring (bicyclic) bond motifs is 2. The van der Waals surface area contributed by atoms with E-state index in [9.17, 15) is 0 Å². The molecule has 0 aliphatic carbocycles. The Kier molecular flexibility index (Phi) is 5.06. The highest BCUT2D eigenvalue weighted by atomic mass is 32.1. The van der Waals surface area contributed by atoms with Gasteiger partial charge in [0.2, 0.25) is 5.13 Å². The van der Waals surface area contributed by atoms with Crippen molar-refractivity contribution in [3.63, 3.8) is 0 Å². The van der Waals surface area contributed by atoms with Crippen LogP contribution >= 0.6 is 11.3 Å². The minimum Gasteiger partial charge on any atom is -0.456 e. The van der Waals surface area contributed by atoms with Gasteiger partial charge in [0.1, 0.15) is 11.3 Å². The maximum atomic E-state index is 6.29. The van der Waals surface area contributed by atoms with E-state index in [0.717, 1.165) is 48.6 Å². The van der Waals surface area contributed by atoms with Crippen molar-refractivity contribution in [1.82, 2.24) is 4.98 Å². The van der Waals surface area contributed by atoms with Crippen molar-refractivity contribution in [3.8, 4) is 11.3 Å². The quantitative estimate of drug-likeness (QED) is 0.301. The van der Waals surface area contributed by atoms with E-state index in [0.29, 0.717) is 0 Å². The molecule has 5 rings (SSSR count). The first-order valence-corrected chi connectivity index (χ1v) is 11.5. The second-order valence-electron chi connectivity index (χ2n) is 9.03. The fraction of sp³-hybridized carbons (Fsp3) is 0.185. The van der Waals surface area contributed by atoms with E-state index in [4.69, 9.17) is 9.52 Å². The van der Waals surface area contributed by atoms with E-state index < -0.39 is 0 Å². The zero-order valence-electron chi connectivity index (χ0n) is 18.6. The van der Waals surface area contributed by atoms with Gasteiger partial charge in [-0.15, -0.1) is 0 Å². The molecule has 2 aromatic heterocycles. The highest BCUT2D eigenvalue weighted by Crippen LogP contribution is 2.28. The molecule has 0 amide bonds. The van der Waals surface area contributed by atoms with Crippen molar-refractivity contribution >= 4 is 37.7 Å². The van der Waals surface area contributed by atoms with Gasteiger partial charge in [0.15, 0.2) is 0 Å². The first-order chi connectivity index (χ1) is 15.4. The van der Waals surface area contributed by atoms with Crippen LogP contribution in [0.15, 0.2) is 82.3 Å². The first kappa shape index (κ1) is 20.5. The molecule has 5 aromatic rings. The van der Waals surface area contributed by atoms with E-state index >= 15 is 0 Å². The minimum atomic E-state index is 0.109. The zero-order chi connectivity index (χ0) is 22.3. The number of rotatable bonds is 3. The molecule has 0 saturated carbocycles. The largest absolute Gasteiger partial charge is 0.456 e.